The molecule has 1 N–H and O–H groups in total. The van der Waals surface area contributed by atoms with Gasteiger partial charge in [-0.15, -0.1) is 6.58 Å². The van der Waals surface area contributed by atoms with E-state index in [1.165, 1.54) is 6.08 Å². The molecule has 1 aliphatic heterocycles. The molecule has 0 aliphatic carbocycles. The van der Waals surface area contributed by atoms with Gasteiger partial charge >= 0.3 is 5.97 Å². The third kappa shape index (κ3) is 1.46. The van der Waals surface area contributed by atoms with Crippen LogP contribution in [0.3, 0.4) is 0 Å². The van der Waals surface area contributed by atoms with Gasteiger partial charge in [0.05, 0.1) is 13.2 Å². The van der Waals surface area contributed by atoms with Gasteiger partial charge in [-0.05, 0) is 5.92 Å². The Hall–Kier alpha value is -1.16. The molecule has 2 unspecified atom stereocenters. The summed E-state index contributed by atoms with van der Waals surface area (Å²) in [7, 11) is 0. The lowest BCUT2D eigenvalue weighted by molar-refractivity contribution is -0.167. The summed E-state index contributed by atoms with van der Waals surface area (Å²) in [5.74, 6) is -1.79. The fourth-order valence-corrected chi connectivity index (χ4v) is 1.66. The van der Waals surface area contributed by atoms with E-state index in [4.69, 9.17) is 9.84 Å². The molecular weight excluding hydrogens is 184 g/mol. The lowest BCUT2D eigenvalue weighted by Crippen LogP contribution is -2.51. The molecule has 14 heavy (non-hydrogen) atoms. The van der Waals surface area contributed by atoms with Gasteiger partial charge in [0, 0.05) is 6.42 Å². The van der Waals surface area contributed by atoms with Crippen LogP contribution in [0.1, 0.15) is 13.3 Å². The van der Waals surface area contributed by atoms with Crippen LogP contribution in [0, 0.1) is 11.3 Å². The van der Waals surface area contributed by atoms with Crippen LogP contribution >= 0.6 is 0 Å². The van der Waals surface area contributed by atoms with E-state index in [1.54, 1.807) is 6.92 Å². The van der Waals surface area contributed by atoms with Crippen molar-refractivity contribution < 1.29 is 19.4 Å². The van der Waals surface area contributed by atoms with E-state index < -0.39 is 17.3 Å². The van der Waals surface area contributed by atoms with Crippen LogP contribution in [0.15, 0.2) is 12.7 Å². The second-order valence-corrected chi connectivity index (χ2v) is 3.53. The minimum Gasteiger partial charge on any atom is -0.480 e. The zero-order valence-electron chi connectivity index (χ0n) is 8.16. The summed E-state index contributed by atoms with van der Waals surface area (Å²) in [4.78, 5) is 22.8. The molecule has 1 heterocycles. The predicted molar refractivity (Wildman–Crippen MR) is 49.9 cm³/mol. The van der Waals surface area contributed by atoms with Crippen LogP contribution in [-0.2, 0) is 14.3 Å². The molecule has 1 rings (SSSR count). The Kier molecular flexibility index (Phi) is 3.06. The predicted octanol–water partition coefficient (Wildman–Crippen LogP) is 0.869. The third-order valence-electron chi connectivity index (χ3n) is 2.81. The lowest BCUT2D eigenvalue weighted by atomic mass is 9.71. The number of carbonyl (C=O) groups excluding carboxylic acids is 1. The fourth-order valence-electron chi connectivity index (χ4n) is 1.66. The smallest absolute Gasteiger partial charge is 0.320 e. The second kappa shape index (κ2) is 3.92. The van der Waals surface area contributed by atoms with Gasteiger partial charge in [0.2, 0.25) is 0 Å². The number of carbonyl (C=O) groups is 2. The highest BCUT2D eigenvalue weighted by Gasteiger charge is 2.51. The molecule has 0 radical (unpaired) electrons. The first kappa shape index (κ1) is 10.9. The molecule has 0 bridgehead atoms. The van der Waals surface area contributed by atoms with Gasteiger partial charge in [-0.3, -0.25) is 9.59 Å². The van der Waals surface area contributed by atoms with Crippen molar-refractivity contribution in [1.82, 2.24) is 0 Å². The summed E-state index contributed by atoms with van der Waals surface area (Å²) in [6, 6.07) is 0. The highest BCUT2D eigenvalue weighted by atomic mass is 16.5. The van der Waals surface area contributed by atoms with E-state index >= 15 is 0 Å². The van der Waals surface area contributed by atoms with E-state index in [2.05, 4.69) is 6.58 Å². The minimum absolute atomic E-state index is 0.0473. The molecule has 1 aliphatic rings. The van der Waals surface area contributed by atoms with E-state index in [0.717, 1.165) is 0 Å². The number of Topliss-reactive ketones (excluding diaryl/α,β-unsaturated/α-hetero) is 1. The Balaban J connectivity index is 3.07. The Labute approximate surface area is 82.6 Å². The van der Waals surface area contributed by atoms with Gasteiger partial charge < -0.3 is 9.84 Å². The Morgan fingerprint density at radius 1 is 1.79 bits per heavy atom. The van der Waals surface area contributed by atoms with Gasteiger partial charge in [0.1, 0.15) is 0 Å². The van der Waals surface area contributed by atoms with Gasteiger partial charge in [0.15, 0.2) is 11.2 Å². The Morgan fingerprint density at radius 2 is 2.43 bits per heavy atom. The normalized spacial score (nSPS) is 29.6. The van der Waals surface area contributed by atoms with E-state index in [0.29, 0.717) is 6.61 Å². The standard InChI is InChI=1S/C10H14O4/c1-3-7(2)10(9(12)13)6-14-5-4-8(10)11/h3,7H,1,4-6H2,2H3,(H,12,13). The highest BCUT2D eigenvalue weighted by Crippen LogP contribution is 2.34. The molecule has 4 heteroatoms. The molecule has 78 valence electrons. The van der Waals surface area contributed by atoms with E-state index in [-0.39, 0.29) is 18.8 Å². The van der Waals surface area contributed by atoms with E-state index in [9.17, 15) is 9.59 Å². The molecule has 0 aromatic carbocycles. The average molecular weight is 198 g/mol. The first-order valence-corrected chi connectivity index (χ1v) is 4.52. The number of aliphatic carboxylic acids is 1. The zero-order valence-corrected chi connectivity index (χ0v) is 8.16. The topological polar surface area (TPSA) is 63.6 Å². The summed E-state index contributed by atoms with van der Waals surface area (Å²) >= 11 is 0. The van der Waals surface area contributed by atoms with Crippen LogP contribution in [-0.4, -0.2) is 30.1 Å². The maximum atomic E-state index is 11.6. The number of ketones is 1. The molecule has 0 amide bonds. The number of hydrogen-bond acceptors (Lipinski definition) is 3. The summed E-state index contributed by atoms with van der Waals surface area (Å²) in [6.45, 7) is 5.47. The van der Waals surface area contributed by atoms with Crippen LogP contribution in [0.5, 0.6) is 0 Å². The van der Waals surface area contributed by atoms with Gasteiger partial charge in [-0.1, -0.05) is 13.0 Å². The third-order valence-corrected chi connectivity index (χ3v) is 2.81. The monoisotopic (exact) mass is 198 g/mol. The van der Waals surface area contributed by atoms with Crippen LogP contribution in [0.25, 0.3) is 0 Å². The molecule has 1 fully saturated rings. The molecule has 2 atom stereocenters. The number of allylic oxidation sites excluding steroid dienone is 1. The van der Waals surface area contributed by atoms with Crippen molar-refractivity contribution in [1.29, 1.82) is 0 Å². The van der Waals surface area contributed by atoms with Crippen molar-refractivity contribution in [2.75, 3.05) is 13.2 Å². The van der Waals surface area contributed by atoms with Crippen molar-refractivity contribution >= 4 is 11.8 Å². The second-order valence-electron chi connectivity index (χ2n) is 3.53. The maximum Gasteiger partial charge on any atom is 0.320 e. The SMILES string of the molecule is C=CC(C)C1(C(=O)O)COCCC1=O. The number of hydrogen-bond donors (Lipinski definition) is 1. The van der Waals surface area contributed by atoms with Gasteiger partial charge in [-0.25, -0.2) is 0 Å². The first-order valence-electron chi connectivity index (χ1n) is 4.52. The van der Waals surface area contributed by atoms with Crippen molar-refractivity contribution in [3.05, 3.63) is 12.7 Å². The summed E-state index contributed by atoms with van der Waals surface area (Å²) in [5, 5.41) is 9.11. The molecule has 0 spiro atoms. The zero-order chi connectivity index (χ0) is 10.8. The van der Waals surface area contributed by atoms with Crippen LogP contribution in [0.2, 0.25) is 0 Å². The van der Waals surface area contributed by atoms with Crippen molar-refractivity contribution in [3.63, 3.8) is 0 Å². The maximum absolute atomic E-state index is 11.6. The number of carboxylic acids is 1. The van der Waals surface area contributed by atoms with E-state index in [1.807, 2.05) is 0 Å². The van der Waals surface area contributed by atoms with Gasteiger partial charge in [0.25, 0.3) is 0 Å². The number of ether oxygens (including phenoxy) is 1. The lowest BCUT2D eigenvalue weighted by Gasteiger charge is -2.34. The average Bonchev–Trinajstić information content (AvgIpc) is 2.17. The number of carboxylic acid groups (broad SMARTS) is 1. The molecule has 1 saturated heterocycles. The largest absolute Gasteiger partial charge is 0.480 e. The molecule has 0 aromatic rings. The first-order chi connectivity index (χ1) is 6.55. The summed E-state index contributed by atoms with van der Waals surface area (Å²) in [5.41, 5.74) is -1.42. The summed E-state index contributed by atoms with van der Waals surface area (Å²) < 4.78 is 5.09. The quantitative estimate of drug-likeness (QED) is 0.540. The van der Waals surface area contributed by atoms with Gasteiger partial charge in [-0.2, -0.15) is 0 Å². The molecule has 0 saturated carbocycles. The number of rotatable bonds is 3. The highest BCUT2D eigenvalue weighted by molar-refractivity contribution is 6.04. The molecular formula is C10H14O4. The van der Waals surface area contributed by atoms with Crippen LogP contribution < -0.4 is 0 Å². The fraction of sp³-hybridized carbons (Fsp3) is 0.600. The molecule has 0 aromatic heterocycles. The van der Waals surface area contributed by atoms with Crippen molar-refractivity contribution in [3.8, 4) is 0 Å². The Bertz CT molecular complexity index is 271. The molecule has 4 nitrogen and oxygen atoms in total. The summed E-state index contributed by atoms with van der Waals surface area (Å²) in [6.07, 6.45) is 1.66. The van der Waals surface area contributed by atoms with Crippen molar-refractivity contribution in [2.24, 2.45) is 11.3 Å². The van der Waals surface area contributed by atoms with Crippen molar-refractivity contribution in [2.45, 2.75) is 13.3 Å². The van der Waals surface area contributed by atoms with Crippen LogP contribution in [0.4, 0.5) is 0 Å². The minimum atomic E-state index is -1.42. The Morgan fingerprint density at radius 3 is 2.86 bits per heavy atom.